The average Bonchev–Trinajstić information content (AvgIpc) is 1.50. The zero-order chi connectivity index (χ0) is 82.5. The van der Waals surface area contributed by atoms with E-state index in [2.05, 4.69) is 21.3 Å². The Morgan fingerprint density at radius 3 is 1.46 bits per heavy atom. The molecule has 1 aromatic heterocycles. The molecular weight excluding hydrogens is 1570 g/mol. The molecule has 596 valence electrons. The number of benzene rings is 10. The number of fused-ring (bicyclic) bond motifs is 2. The number of rotatable bonds is 28. The number of hydrogen-bond acceptors (Lipinski definition) is 24. The number of aromatic nitrogens is 1. The number of hydrogen-bond donors (Lipinski definition) is 3. The van der Waals surface area contributed by atoms with Crippen molar-refractivity contribution < 1.29 is 71.6 Å². The topological polar surface area (TPSA) is 285 Å². The highest BCUT2D eigenvalue weighted by molar-refractivity contribution is 8.03. The van der Waals surface area contributed by atoms with Gasteiger partial charge in [-0.05, 0) is 80.8 Å². The van der Waals surface area contributed by atoms with E-state index >= 15 is 19.2 Å². The van der Waals surface area contributed by atoms with Crippen molar-refractivity contribution in [1.29, 1.82) is 0 Å². The summed E-state index contributed by atoms with van der Waals surface area (Å²) in [4.78, 5) is 134. The van der Waals surface area contributed by atoms with Gasteiger partial charge in [0.15, 0.2) is 46.5 Å². The molecule has 0 saturated carbocycles. The zero-order valence-corrected chi connectivity index (χ0v) is 66.7. The van der Waals surface area contributed by atoms with Gasteiger partial charge in [0.2, 0.25) is 11.9 Å². The minimum Gasteiger partial charge on any atom is -0.449 e. The summed E-state index contributed by atoms with van der Waals surface area (Å²) in [6.45, 7) is 5.02. The molecule has 0 spiro atoms. The Morgan fingerprint density at radius 1 is 0.571 bits per heavy atom. The van der Waals surface area contributed by atoms with E-state index in [0.717, 1.165) is 72.1 Å². The van der Waals surface area contributed by atoms with Crippen LogP contribution in [-0.2, 0) is 58.1 Å². The van der Waals surface area contributed by atoms with Crippen LogP contribution >= 0.6 is 34.9 Å². The number of amides is 3. The summed E-state index contributed by atoms with van der Waals surface area (Å²) in [5, 5.41) is 15.4. The maximum absolute atomic E-state index is 16.1. The third-order valence-corrected chi connectivity index (χ3v) is 22.6. The van der Waals surface area contributed by atoms with E-state index in [9.17, 15) is 19.2 Å². The van der Waals surface area contributed by atoms with Gasteiger partial charge in [0.25, 0.3) is 11.8 Å². The van der Waals surface area contributed by atoms with Crippen LogP contribution in [0, 0.1) is 0 Å². The molecule has 4 aliphatic rings. The van der Waals surface area contributed by atoms with Crippen LogP contribution in [0.3, 0.4) is 0 Å². The number of hydrazine groups is 2. The predicted molar refractivity (Wildman–Crippen MR) is 449 cm³/mol. The molecule has 27 heteroatoms. The van der Waals surface area contributed by atoms with Gasteiger partial charge < -0.3 is 43.9 Å². The summed E-state index contributed by atoms with van der Waals surface area (Å²) in [6, 6.07) is 84.7. The summed E-state index contributed by atoms with van der Waals surface area (Å²) in [5.41, 5.74) is 8.29. The fraction of sp³-hybridized carbons (Fsp3) is 0.141. The largest absolute Gasteiger partial charge is 0.449 e. The van der Waals surface area contributed by atoms with Gasteiger partial charge in [-0.1, -0.05) is 278 Å². The summed E-state index contributed by atoms with van der Waals surface area (Å²) in [6.07, 6.45) is -2.35. The number of thioether (sulfide) groups is 2. The normalized spacial score (nSPS) is 15.3. The van der Waals surface area contributed by atoms with Crippen LogP contribution in [0.15, 0.2) is 335 Å². The lowest BCUT2D eigenvalue weighted by Gasteiger charge is -2.49. The minimum atomic E-state index is -2.10. The Labute approximate surface area is 696 Å². The summed E-state index contributed by atoms with van der Waals surface area (Å²) < 4.78 is 36.0. The molecule has 1 saturated heterocycles. The molecule has 3 atom stereocenters. The molecule has 1 fully saturated rings. The zero-order valence-electron chi connectivity index (χ0n) is 64.3. The third-order valence-electron chi connectivity index (χ3n) is 19.4. The molecule has 0 radical (unpaired) electrons. The number of oxime groups is 1. The highest BCUT2D eigenvalue weighted by Crippen LogP contribution is 2.47. The van der Waals surface area contributed by atoms with Crippen molar-refractivity contribution in [3.8, 4) is 17.2 Å². The number of carbonyl (C=O) groups excluding carboxylic acids is 8. The van der Waals surface area contributed by atoms with Crippen molar-refractivity contribution in [2.75, 3.05) is 16.8 Å². The first-order chi connectivity index (χ1) is 57.9. The number of esters is 5. The molecule has 15 rings (SSSR count). The first kappa shape index (κ1) is 80.2. The van der Waals surface area contributed by atoms with Gasteiger partial charge in [0.1, 0.15) is 28.3 Å². The highest BCUT2D eigenvalue weighted by atomic mass is 32.2. The number of nitrogens with one attached hydrogen (secondary N) is 3. The number of nitrogens with zero attached hydrogens (tertiary/aromatic N) is 6. The number of anilines is 1. The van der Waals surface area contributed by atoms with E-state index in [1.807, 2.05) is 225 Å². The van der Waals surface area contributed by atoms with E-state index in [1.165, 1.54) is 39.6 Å². The molecule has 3 amide bonds. The molecule has 11 aromatic rings. The number of thiazole rings is 1. The van der Waals surface area contributed by atoms with E-state index in [1.54, 1.807) is 71.1 Å². The van der Waals surface area contributed by atoms with Crippen molar-refractivity contribution in [2.45, 2.75) is 69.1 Å². The Bertz CT molecular complexity index is 5510. The highest BCUT2D eigenvalue weighted by Gasteiger charge is 2.55. The van der Waals surface area contributed by atoms with E-state index in [0.29, 0.717) is 44.4 Å². The van der Waals surface area contributed by atoms with Gasteiger partial charge in [-0.15, -0.1) is 40.4 Å². The minimum absolute atomic E-state index is 0.0728. The second-order valence-electron chi connectivity index (χ2n) is 27.5. The fourth-order valence-electron chi connectivity index (χ4n) is 14.0. The molecule has 119 heavy (non-hydrogen) atoms. The predicted octanol–water partition coefficient (Wildman–Crippen LogP) is 15.9. The Kier molecular flexibility index (Phi) is 24.6. The molecule has 3 N–H and O–H groups in total. The van der Waals surface area contributed by atoms with Gasteiger partial charge in [-0.25, -0.2) is 29.4 Å². The van der Waals surface area contributed by atoms with Crippen molar-refractivity contribution >= 4 is 99.2 Å². The number of β-lactam (4-membered cyclic amide) rings is 1. The smallest absolute Gasteiger partial charge is 0.431 e. The maximum atomic E-state index is 16.1. The first-order valence-corrected chi connectivity index (χ1v) is 40.6. The van der Waals surface area contributed by atoms with Crippen LogP contribution in [0.5, 0.6) is 17.2 Å². The van der Waals surface area contributed by atoms with Gasteiger partial charge in [-0.3, -0.25) is 28.9 Å². The number of carbonyl (C=O) groups is 8. The Morgan fingerprint density at radius 2 is 1.01 bits per heavy atom. The summed E-state index contributed by atoms with van der Waals surface area (Å²) in [7, 11) is 0. The third kappa shape index (κ3) is 18.0. The molecule has 10 aromatic carbocycles. The molecule has 0 aliphatic carbocycles. The molecule has 24 nitrogen and oxygen atoms in total. The number of allylic oxidation sites excluding steroid dienone is 1. The maximum Gasteiger partial charge on any atom is 0.431 e. The van der Waals surface area contributed by atoms with E-state index < -0.39 is 112 Å². The van der Waals surface area contributed by atoms with Gasteiger partial charge in [-0.2, -0.15) is 5.01 Å². The van der Waals surface area contributed by atoms with Crippen molar-refractivity contribution in [1.82, 2.24) is 30.8 Å². The second-order valence-corrected chi connectivity index (χ2v) is 30.5. The van der Waals surface area contributed by atoms with Crippen molar-refractivity contribution in [3.05, 3.63) is 386 Å². The molecule has 1 unspecified atom stereocenters. The molecular formula is C92H75N9O15S3. The quantitative estimate of drug-likeness (QED) is 0.00781. The molecule has 4 aliphatic heterocycles. The van der Waals surface area contributed by atoms with Crippen LogP contribution in [0.2, 0.25) is 0 Å². The first-order valence-electron chi connectivity index (χ1n) is 37.7. The van der Waals surface area contributed by atoms with Crippen molar-refractivity contribution in [3.63, 3.8) is 0 Å². The average molecular weight is 1640 g/mol. The standard InChI is InChI=1S/C92H75N9O15S3/c1-57-50-76(101-75(93-57)53-99(98-101)91(109)115-82(65-40-22-9-23-41-65)66-42-24-10-25-43-66)117-54-68-55-118-87-78(86(106)100(87)79(68)88(107)113-80(61-32-14-5-15-33-61)62-34-16-6-17-35-62)95-85(105)77(72-56-119-90(94-72)96-92(69-44-26-11-27-45-69,70-46-28-12-29-47-70)71-48-30-13-31-49-71)97-116-83(89(108)114-81(63-36-18-7-19-37-63)64-38-20-8-21-39-64)67-51-73(110-58(2)102)84(112-60(4)104)74(52-67)111-59(3)103/h5-53,56,78,80-83,87,98H,54-55H2,1-4H3,(H,94,96)(H,95,105)/t78-,83?,87-/m1/s1. The van der Waals surface area contributed by atoms with Crippen LogP contribution in [0.4, 0.5) is 9.93 Å². The lowest BCUT2D eigenvalue weighted by Crippen LogP contribution is -2.71. The monoisotopic (exact) mass is 1640 g/mol. The van der Waals surface area contributed by atoms with E-state index in [4.69, 9.17) is 43.2 Å². The molecule has 0 bridgehead atoms. The van der Waals surface area contributed by atoms with Gasteiger partial charge >= 0.3 is 35.9 Å². The van der Waals surface area contributed by atoms with Crippen LogP contribution < -0.4 is 30.4 Å². The SMILES string of the molecule is CC(=O)Oc1cc(C(ON=C(C(=O)N[C@@H]2C(=O)N3C(C(=O)OC(c4ccccc4)c4ccccc4)=C(CSC4=CC(C)=NC5=CN(C(=O)OC(c6ccccc6)c6ccccc6)NN54)CS[C@H]23)c2csc(NC(c3ccccc3)(c3ccccc3)c3ccccc3)n2)C(=O)OC(c2ccccc2)c2ccccc2)cc(OC(C)=O)c1OC(C)=O. The number of ether oxygens (including phenoxy) is 6. The lowest BCUT2D eigenvalue weighted by atomic mass is 9.77. The fourth-order valence-corrected chi connectivity index (χ4v) is 17.4. The summed E-state index contributed by atoms with van der Waals surface area (Å²) in [5.74, 6) is -7.45. The summed E-state index contributed by atoms with van der Waals surface area (Å²) >= 11 is 3.67. The second kappa shape index (κ2) is 36.4. The van der Waals surface area contributed by atoms with Gasteiger partial charge in [0, 0.05) is 48.9 Å². The Balaban J connectivity index is 0.802. The Hall–Kier alpha value is -14.0. The van der Waals surface area contributed by atoms with Crippen LogP contribution in [-0.4, -0.2) is 102 Å². The van der Waals surface area contributed by atoms with Crippen LogP contribution in [0.1, 0.15) is 113 Å². The molecule has 5 heterocycles. The van der Waals surface area contributed by atoms with Crippen LogP contribution in [0.25, 0.3) is 0 Å². The number of aliphatic imine (C=N–C) groups is 1. The van der Waals surface area contributed by atoms with E-state index in [-0.39, 0.29) is 33.6 Å². The van der Waals surface area contributed by atoms with Crippen molar-refractivity contribution in [2.24, 2.45) is 10.1 Å². The lowest BCUT2D eigenvalue weighted by molar-refractivity contribution is -0.162. The van der Waals surface area contributed by atoms with Gasteiger partial charge in [0.05, 0.1) is 11.2 Å².